The van der Waals surface area contributed by atoms with Gasteiger partial charge in [0.05, 0.1) is 12.5 Å². The van der Waals surface area contributed by atoms with Gasteiger partial charge in [0.25, 0.3) is 0 Å². The number of rotatable bonds is 7. The number of carbonyl (C=O) groups excluding carboxylic acids is 2. The Morgan fingerprint density at radius 3 is 2.53 bits per heavy atom. The number of carbonyl (C=O) groups is 2. The lowest BCUT2D eigenvalue weighted by atomic mass is 10.2. The summed E-state index contributed by atoms with van der Waals surface area (Å²) in [6.07, 6.45) is 2.83. The van der Waals surface area contributed by atoms with Gasteiger partial charge in [-0.15, -0.1) is 0 Å². The summed E-state index contributed by atoms with van der Waals surface area (Å²) in [5, 5.41) is 5.83. The van der Waals surface area contributed by atoms with Crippen LogP contribution < -0.4 is 20.1 Å². The van der Waals surface area contributed by atoms with E-state index in [9.17, 15) is 14.0 Å². The summed E-state index contributed by atoms with van der Waals surface area (Å²) < 4.78 is 25.3. The molecular weight excluding hydrogens is 415 g/mol. The number of H-pyrrole nitrogens is 1. The van der Waals surface area contributed by atoms with Crippen LogP contribution >= 0.6 is 0 Å². The molecule has 2 aromatic carbocycles. The van der Waals surface area contributed by atoms with Crippen LogP contribution in [0.5, 0.6) is 17.2 Å². The summed E-state index contributed by atoms with van der Waals surface area (Å²) in [5.41, 5.74) is 1.33. The first-order chi connectivity index (χ1) is 15.5. The van der Waals surface area contributed by atoms with Crippen LogP contribution in [0.25, 0.3) is 11.0 Å². The van der Waals surface area contributed by atoms with Gasteiger partial charge in [-0.25, -0.2) is 9.37 Å². The number of amides is 2. The Morgan fingerprint density at radius 1 is 1.00 bits per heavy atom. The maximum atomic E-state index is 14.5. The van der Waals surface area contributed by atoms with E-state index >= 15 is 0 Å². The molecule has 32 heavy (non-hydrogen) atoms. The van der Waals surface area contributed by atoms with Crippen molar-refractivity contribution in [2.75, 3.05) is 17.7 Å². The molecule has 0 aliphatic heterocycles. The zero-order valence-electron chi connectivity index (χ0n) is 17.0. The second kappa shape index (κ2) is 9.17. The molecule has 162 valence electrons. The predicted octanol–water partition coefficient (Wildman–Crippen LogP) is 4.47. The Hall–Kier alpha value is -4.40. The van der Waals surface area contributed by atoms with Gasteiger partial charge in [-0.2, -0.15) is 0 Å². The van der Waals surface area contributed by atoms with Crippen LogP contribution in [0.15, 0.2) is 67.0 Å². The molecule has 8 nitrogen and oxygen atoms in total. The summed E-state index contributed by atoms with van der Waals surface area (Å²) in [6.45, 7) is 0. The van der Waals surface area contributed by atoms with Crippen molar-refractivity contribution in [3.05, 3.63) is 72.8 Å². The van der Waals surface area contributed by atoms with Crippen LogP contribution in [0.3, 0.4) is 0 Å². The number of methoxy groups -OCH3 is 1. The number of nitrogens with one attached hydrogen (secondary N) is 3. The summed E-state index contributed by atoms with van der Waals surface area (Å²) >= 11 is 0. The molecule has 2 amide bonds. The zero-order chi connectivity index (χ0) is 22.5. The van der Waals surface area contributed by atoms with Crippen molar-refractivity contribution in [1.29, 1.82) is 0 Å². The van der Waals surface area contributed by atoms with E-state index in [0.29, 0.717) is 28.2 Å². The van der Waals surface area contributed by atoms with Crippen molar-refractivity contribution in [3.8, 4) is 17.2 Å². The average Bonchev–Trinajstić information content (AvgIpc) is 3.25. The molecule has 2 heterocycles. The summed E-state index contributed by atoms with van der Waals surface area (Å²) in [7, 11) is 1.52. The molecule has 3 N–H and O–H groups in total. The lowest BCUT2D eigenvalue weighted by molar-refractivity contribution is -0.123. The van der Waals surface area contributed by atoms with E-state index in [-0.39, 0.29) is 11.4 Å². The molecule has 0 spiro atoms. The molecule has 2 aromatic heterocycles. The molecule has 4 aromatic rings. The smallest absolute Gasteiger partial charge is 0.233 e. The second-order valence-electron chi connectivity index (χ2n) is 6.80. The standard InChI is InChI=1S/C23H19FN4O4/c1-31-16-4-2-3-14(11-16)27-21(29)13-22(30)28-15-5-6-20(18(24)12-15)32-19-8-10-26-23-17(19)7-9-25-23/h2-12H,13H2,1H3,(H,25,26)(H,27,29)(H,28,30). The minimum Gasteiger partial charge on any atom is -0.497 e. The Kier molecular flexibility index (Phi) is 5.98. The molecule has 4 rings (SSSR count). The van der Waals surface area contributed by atoms with Crippen LogP contribution in [0.4, 0.5) is 15.8 Å². The van der Waals surface area contributed by atoms with Crippen LogP contribution in [0.2, 0.25) is 0 Å². The van der Waals surface area contributed by atoms with E-state index < -0.39 is 24.1 Å². The fourth-order valence-corrected chi connectivity index (χ4v) is 3.06. The maximum absolute atomic E-state index is 14.5. The average molecular weight is 434 g/mol. The highest BCUT2D eigenvalue weighted by molar-refractivity contribution is 6.08. The van der Waals surface area contributed by atoms with Crippen LogP contribution in [0.1, 0.15) is 6.42 Å². The number of pyridine rings is 1. The van der Waals surface area contributed by atoms with Gasteiger partial charge in [-0.05, 0) is 36.4 Å². The minimum absolute atomic E-state index is 0.00698. The molecule has 0 radical (unpaired) electrons. The van der Waals surface area contributed by atoms with E-state index in [1.54, 1.807) is 48.8 Å². The van der Waals surface area contributed by atoms with Gasteiger partial charge in [0.1, 0.15) is 23.6 Å². The molecule has 0 saturated carbocycles. The number of ether oxygens (including phenoxy) is 2. The van der Waals surface area contributed by atoms with E-state index in [0.717, 1.165) is 6.07 Å². The van der Waals surface area contributed by atoms with E-state index in [1.165, 1.54) is 19.2 Å². The largest absolute Gasteiger partial charge is 0.497 e. The molecule has 0 atom stereocenters. The molecule has 0 bridgehead atoms. The fourth-order valence-electron chi connectivity index (χ4n) is 3.06. The fraction of sp³-hybridized carbons (Fsp3) is 0.0870. The normalized spacial score (nSPS) is 10.6. The number of benzene rings is 2. The number of aromatic nitrogens is 2. The third-order valence-corrected chi connectivity index (χ3v) is 4.53. The highest BCUT2D eigenvalue weighted by Crippen LogP contribution is 2.31. The molecular formula is C23H19FN4O4. The van der Waals surface area contributed by atoms with Crippen molar-refractivity contribution in [1.82, 2.24) is 9.97 Å². The number of halogens is 1. The molecule has 9 heteroatoms. The number of aromatic amines is 1. The maximum Gasteiger partial charge on any atom is 0.233 e. The van der Waals surface area contributed by atoms with Crippen LogP contribution in [-0.4, -0.2) is 28.9 Å². The Balaban J connectivity index is 1.37. The van der Waals surface area contributed by atoms with Crippen LogP contribution in [0, 0.1) is 5.82 Å². The number of nitrogens with zero attached hydrogens (tertiary/aromatic N) is 1. The quantitative estimate of drug-likeness (QED) is 0.372. The van der Waals surface area contributed by atoms with Gasteiger partial charge in [0, 0.05) is 35.9 Å². The monoisotopic (exact) mass is 434 g/mol. The Morgan fingerprint density at radius 2 is 1.78 bits per heavy atom. The minimum atomic E-state index is -0.663. The highest BCUT2D eigenvalue weighted by Gasteiger charge is 2.13. The molecule has 0 fully saturated rings. The SMILES string of the molecule is COc1cccc(NC(=O)CC(=O)Nc2ccc(Oc3ccnc4[nH]ccc34)c(F)c2)c1. The molecule has 0 unspecified atom stereocenters. The third kappa shape index (κ3) is 4.84. The lowest BCUT2D eigenvalue weighted by Crippen LogP contribution is -2.21. The van der Waals surface area contributed by atoms with Crippen molar-refractivity contribution in [2.45, 2.75) is 6.42 Å². The van der Waals surface area contributed by atoms with E-state index in [4.69, 9.17) is 9.47 Å². The Labute approximate surface area is 182 Å². The zero-order valence-corrected chi connectivity index (χ0v) is 17.0. The summed E-state index contributed by atoms with van der Waals surface area (Å²) in [5.74, 6) is -0.738. The van der Waals surface area contributed by atoms with Gasteiger partial charge in [0.15, 0.2) is 11.6 Å². The van der Waals surface area contributed by atoms with E-state index in [2.05, 4.69) is 20.6 Å². The number of fused-ring (bicyclic) bond motifs is 1. The number of hydrogen-bond donors (Lipinski definition) is 3. The topological polar surface area (TPSA) is 105 Å². The first kappa shape index (κ1) is 20.9. The number of hydrogen-bond acceptors (Lipinski definition) is 5. The molecule has 0 aliphatic carbocycles. The lowest BCUT2D eigenvalue weighted by Gasteiger charge is -2.10. The molecule has 0 saturated heterocycles. The first-order valence-electron chi connectivity index (χ1n) is 9.65. The number of anilines is 2. The van der Waals surface area contributed by atoms with Crippen molar-refractivity contribution in [3.63, 3.8) is 0 Å². The van der Waals surface area contributed by atoms with Crippen molar-refractivity contribution >= 4 is 34.2 Å². The van der Waals surface area contributed by atoms with Crippen LogP contribution in [-0.2, 0) is 9.59 Å². The first-order valence-corrected chi connectivity index (χ1v) is 9.65. The van der Waals surface area contributed by atoms with Crippen molar-refractivity contribution < 1.29 is 23.5 Å². The molecule has 0 aliphatic rings. The van der Waals surface area contributed by atoms with Gasteiger partial charge >= 0.3 is 0 Å². The predicted molar refractivity (Wildman–Crippen MR) is 117 cm³/mol. The highest BCUT2D eigenvalue weighted by atomic mass is 19.1. The van der Waals surface area contributed by atoms with Gasteiger partial charge < -0.3 is 25.1 Å². The van der Waals surface area contributed by atoms with Gasteiger partial charge in [-0.1, -0.05) is 6.07 Å². The summed E-state index contributed by atoms with van der Waals surface area (Å²) in [6, 6.07) is 14.2. The third-order valence-electron chi connectivity index (χ3n) is 4.53. The van der Waals surface area contributed by atoms with Gasteiger partial charge in [-0.3, -0.25) is 9.59 Å². The summed E-state index contributed by atoms with van der Waals surface area (Å²) in [4.78, 5) is 31.4. The van der Waals surface area contributed by atoms with E-state index in [1.807, 2.05) is 0 Å². The second-order valence-corrected chi connectivity index (χ2v) is 6.80. The Bertz CT molecular complexity index is 1290. The van der Waals surface area contributed by atoms with Crippen molar-refractivity contribution in [2.24, 2.45) is 0 Å². The van der Waals surface area contributed by atoms with Gasteiger partial charge in [0.2, 0.25) is 11.8 Å².